The van der Waals surface area contributed by atoms with Gasteiger partial charge >= 0.3 is 18.0 Å². The van der Waals surface area contributed by atoms with E-state index in [0.717, 1.165) is 6.07 Å². The Morgan fingerprint density at radius 3 is 2.36 bits per heavy atom. The van der Waals surface area contributed by atoms with Crippen molar-refractivity contribution >= 4 is 27.0 Å². The van der Waals surface area contributed by atoms with Gasteiger partial charge in [0.25, 0.3) is 15.6 Å². The lowest BCUT2D eigenvalue weighted by atomic mass is 9.97. The smallest absolute Gasteiger partial charge is 0.444 e. The van der Waals surface area contributed by atoms with Crippen LogP contribution in [0.3, 0.4) is 0 Å². The number of sulfonamides is 1. The van der Waals surface area contributed by atoms with Gasteiger partial charge in [0.1, 0.15) is 0 Å². The first-order valence-electron chi connectivity index (χ1n) is 9.88. The number of aromatic amines is 1. The number of hydrogen-bond acceptors (Lipinski definition) is 7. The number of nitrogens with one attached hydrogen (secondary N) is 1. The van der Waals surface area contributed by atoms with Gasteiger partial charge in [-0.2, -0.15) is 13.2 Å². The van der Waals surface area contributed by atoms with Crippen molar-refractivity contribution in [2.75, 3.05) is 24.4 Å². The predicted molar refractivity (Wildman–Crippen MR) is 113 cm³/mol. The summed E-state index contributed by atoms with van der Waals surface area (Å²) in [5.74, 6) is 0. The zero-order chi connectivity index (χ0) is 25.1. The summed E-state index contributed by atoms with van der Waals surface area (Å²) in [5, 5.41) is -0.455. The van der Waals surface area contributed by atoms with E-state index in [4.69, 9.17) is 9.47 Å². The third kappa shape index (κ3) is 5.55. The van der Waals surface area contributed by atoms with Crippen LogP contribution < -0.4 is 15.7 Å². The molecular weight excluding hydrogens is 471 g/mol. The minimum Gasteiger partial charge on any atom is -0.447 e. The van der Waals surface area contributed by atoms with Crippen molar-refractivity contribution in [1.29, 1.82) is 0 Å². The Kier molecular flexibility index (Phi) is 7.96. The number of amides is 1. The predicted octanol–water partition coefficient (Wildman–Crippen LogP) is 2.64. The zero-order valence-corrected chi connectivity index (χ0v) is 19.2. The highest BCUT2D eigenvalue weighted by atomic mass is 32.2. The largest absolute Gasteiger partial charge is 0.447 e. The van der Waals surface area contributed by atoms with Gasteiger partial charge in [0.05, 0.1) is 35.4 Å². The number of unbranched alkanes of at least 4 members (excludes halogenated alkanes) is 1. The van der Waals surface area contributed by atoms with Crippen LogP contribution in [-0.2, 0) is 25.7 Å². The molecule has 0 aliphatic carbocycles. The van der Waals surface area contributed by atoms with Crippen LogP contribution in [-0.4, -0.2) is 44.1 Å². The fourth-order valence-electron chi connectivity index (χ4n) is 3.19. The number of carbonyl (C=O) groups excluding carboxylic acids is 1. The summed E-state index contributed by atoms with van der Waals surface area (Å²) < 4.78 is 75.2. The molecule has 2 rings (SSSR count). The van der Waals surface area contributed by atoms with Crippen molar-refractivity contribution in [2.45, 2.75) is 45.4 Å². The second-order valence-electron chi connectivity index (χ2n) is 7.14. The fourth-order valence-corrected chi connectivity index (χ4v) is 3.95. The molecule has 33 heavy (non-hydrogen) atoms. The molecule has 2 aromatic rings. The Labute approximate surface area is 186 Å². The van der Waals surface area contributed by atoms with Gasteiger partial charge in [0, 0.05) is 7.11 Å². The minimum absolute atomic E-state index is 0.0171. The lowest BCUT2D eigenvalue weighted by Gasteiger charge is -2.22. The molecule has 0 fully saturated rings. The van der Waals surface area contributed by atoms with E-state index >= 15 is 0 Å². The minimum atomic E-state index is -4.83. The summed E-state index contributed by atoms with van der Waals surface area (Å²) in [5.41, 5.74) is -4.77. The summed E-state index contributed by atoms with van der Waals surface area (Å²) in [6.07, 6.45) is -5.67. The molecule has 10 nitrogen and oxygen atoms in total. The van der Waals surface area contributed by atoms with Gasteiger partial charge < -0.3 is 14.5 Å². The Morgan fingerprint density at radius 1 is 1.24 bits per heavy atom. The Bertz CT molecular complexity index is 1250. The maximum Gasteiger partial charge on any atom is 0.444 e. The van der Waals surface area contributed by atoms with Gasteiger partial charge in [0.15, 0.2) is 0 Å². The van der Waals surface area contributed by atoms with Crippen LogP contribution in [0.15, 0.2) is 21.7 Å². The van der Waals surface area contributed by atoms with E-state index in [1.807, 2.05) is 4.98 Å². The number of nitrogens with zero attached hydrogens (tertiary/aromatic N) is 2. The van der Waals surface area contributed by atoms with E-state index in [2.05, 4.69) is 0 Å². The molecule has 1 atom stereocenters. The van der Waals surface area contributed by atoms with Gasteiger partial charge in [-0.1, -0.05) is 24.7 Å². The molecule has 1 unspecified atom stereocenters. The normalized spacial score (nSPS) is 13.2. The van der Waals surface area contributed by atoms with Crippen molar-refractivity contribution in [1.82, 2.24) is 9.66 Å². The van der Waals surface area contributed by atoms with Crippen LogP contribution in [0.2, 0.25) is 0 Å². The molecule has 184 valence electrons. The van der Waals surface area contributed by atoms with E-state index in [0.29, 0.717) is 25.2 Å². The molecule has 0 spiro atoms. The van der Waals surface area contributed by atoms with Crippen LogP contribution in [0, 0.1) is 0 Å². The molecule has 0 saturated carbocycles. The van der Waals surface area contributed by atoms with Crippen molar-refractivity contribution in [2.24, 2.45) is 0 Å². The topological polar surface area (TPSA) is 128 Å². The second kappa shape index (κ2) is 9.95. The Balaban J connectivity index is 2.87. The molecule has 0 aliphatic rings. The standard InChI is InChI=1S/C19H24F3N3O7S/c1-5-7-8-32-18(28)25(33(4,29)30)24-16(26)12-9-11(15(6-2)31-3)13(19(20,21)22)10-14(12)23-17(24)27/h9-10,15H,5-8H2,1-4H3,(H,23,27). The molecule has 0 bridgehead atoms. The van der Waals surface area contributed by atoms with Gasteiger partial charge in [-0.05, 0) is 30.5 Å². The molecule has 1 N–H and O–H groups in total. The molecule has 0 radical (unpaired) electrons. The SMILES string of the molecule is CCCCOC(=O)N(n1c(=O)[nH]c2cc(C(F)(F)F)c(C(CC)OC)cc2c1=O)S(C)(=O)=O. The summed E-state index contributed by atoms with van der Waals surface area (Å²) in [6, 6.07) is 1.44. The first-order chi connectivity index (χ1) is 15.3. The number of halogens is 3. The maximum absolute atomic E-state index is 13.6. The summed E-state index contributed by atoms with van der Waals surface area (Å²) in [4.78, 5) is 40.1. The summed E-state index contributed by atoms with van der Waals surface area (Å²) >= 11 is 0. The van der Waals surface area contributed by atoms with Crippen molar-refractivity contribution in [3.8, 4) is 0 Å². The van der Waals surface area contributed by atoms with Crippen LogP contribution >= 0.6 is 0 Å². The monoisotopic (exact) mass is 495 g/mol. The highest BCUT2D eigenvalue weighted by Gasteiger charge is 2.37. The average Bonchev–Trinajstić information content (AvgIpc) is 2.70. The van der Waals surface area contributed by atoms with E-state index in [-0.39, 0.29) is 27.7 Å². The van der Waals surface area contributed by atoms with E-state index < -0.39 is 56.1 Å². The fraction of sp³-hybridized carbons (Fsp3) is 0.526. The number of alkyl halides is 3. The van der Waals surface area contributed by atoms with E-state index in [9.17, 15) is 36.0 Å². The second-order valence-corrected chi connectivity index (χ2v) is 8.95. The molecule has 1 aromatic heterocycles. The lowest BCUT2D eigenvalue weighted by molar-refractivity contribution is -0.139. The summed E-state index contributed by atoms with van der Waals surface area (Å²) in [6.45, 7) is 3.19. The third-order valence-electron chi connectivity index (χ3n) is 4.73. The number of methoxy groups -OCH3 is 1. The van der Waals surface area contributed by atoms with Gasteiger partial charge in [-0.15, -0.1) is 4.68 Å². The quantitative estimate of drug-likeness (QED) is 0.558. The van der Waals surface area contributed by atoms with Gasteiger partial charge in [0.2, 0.25) is 0 Å². The Hall–Kier alpha value is -2.87. The van der Waals surface area contributed by atoms with Crippen LogP contribution in [0.5, 0.6) is 0 Å². The Morgan fingerprint density at radius 2 is 1.88 bits per heavy atom. The third-order valence-corrected chi connectivity index (χ3v) is 5.67. The summed E-state index contributed by atoms with van der Waals surface area (Å²) in [7, 11) is -3.34. The van der Waals surface area contributed by atoms with Crippen molar-refractivity contribution < 1.29 is 35.9 Å². The van der Waals surface area contributed by atoms with E-state index in [1.165, 1.54) is 7.11 Å². The van der Waals surface area contributed by atoms with Crippen LogP contribution in [0.4, 0.5) is 18.0 Å². The first-order valence-corrected chi connectivity index (χ1v) is 11.7. The first kappa shape index (κ1) is 26.4. The number of H-pyrrole nitrogens is 1. The lowest BCUT2D eigenvalue weighted by Crippen LogP contribution is -2.56. The zero-order valence-electron chi connectivity index (χ0n) is 18.4. The highest BCUT2D eigenvalue weighted by Crippen LogP contribution is 2.38. The molecule has 1 heterocycles. The number of aromatic nitrogens is 2. The number of ether oxygens (including phenoxy) is 2. The van der Waals surface area contributed by atoms with Gasteiger partial charge in [-0.3, -0.25) is 4.79 Å². The molecule has 0 aliphatic heterocycles. The molecule has 14 heteroatoms. The van der Waals surface area contributed by atoms with Crippen molar-refractivity contribution in [3.63, 3.8) is 0 Å². The highest BCUT2D eigenvalue weighted by molar-refractivity contribution is 7.92. The molecular formula is C19H24F3N3O7S. The average molecular weight is 495 g/mol. The number of carbonyl (C=O) groups is 1. The van der Waals surface area contributed by atoms with Gasteiger partial charge in [-0.25, -0.2) is 18.0 Å². The number of hydrogen-bond donors (Lipinski definition) is 1. The molecule has 1 aromatic carbocycles. The van der Waals surface area contributed by atoms with Crippen LogP contribution in [0.1, 0.15) is 50.3 Å². The van der Waals surface area contributed by atoms with Crippen molar-refractivity contribution in [3.05, 3.63) is 44.1 Å². The van der Waals surface area contributed by atoms with E-state index in [1.54, 1.807) is 13.8 Å². The number of fused-ring (bicyclic) bond motifs is 1. The maximum atomic E-state index is 13.6. The van der Waals surface area contributed by atoms with Crippen LogP contribution in [0.25, 0.3) is 10.9 Å². The number of benzene rings is 1. The molecule has 0 saturated heterocycles. The number of rotatable bonds is 8. The molecule has 1 amide bonds.